The molecule has 0 spiro atoms. The van der Waals surface area contributed by atoms with Crippen molar-refractivity contribution in [2.75, 3.05) is 6.61 Å². The number of carbonyl (C=O) groups is 1. The Labute approximate surface area is 165 Å². The highest BCUT2D eigenvalue weighted by atomic mass is 32.2. The van der Waals surface area contributed by atoms with E-state index >= 15 is 0 Å². The van der Waals surface area contributed by atoms with E-state index in [1.165, 1.54) is 30.9 Å². The summed E-state index contributed by atoms with van der Waals surface area (Å²) in [5.41, 5.74) is 6.48. The molecule has 0 unspecified atom stereocenters. The predicted octanol–water partition coefficient (Wildman–Crippen LogP) is 5.62. The van der Waals surface area contributed by atoms with Gasteiger partial charge >= 0.3 is 5.97 Å². The first-order valence-corrected chi connectivity index (χ1v) is 10.3. The Bertz CT molecular complexity index is 798. The van der Waals surface area contributed by atoms with E-state index in [2.05, 4.69) is 29.3 Å². The second-order valence-corrected chi connectivity index (χ2v) is 7.40. The molecule has 4 nitrogen and oxygen atoms in total. The third-order valence-electron chi connectivity index (χ3n) is 4.31. The van der Waals surface area contributed by atoms with Crippen LogP contribution < -0.4 is 4.74 Å². The first-order valence-electron chi connectivity index (χ1n) is 9.27. The predicted molar refractivity (Wildman–Crippen MR) is 111 cm³/mol. The Hall–Kier alpha value is -2.27. The summed E-state index contributed by atoms with van der Waals surface area (Å²) in [4.78, 5) is 15.5. The van der Waals surface area contributed by atoms with Crippen LogP contribution in [0.3, 0.4) is 0 Å². The normalized spacial score (nSPS) is 13.7. The Kier molecular flexibility index (Phi) is 6.93. The fourth-order valence-corrected chi connectivity index (χ4v) is 3.42. The van der Waals surface area contributed by atoms with Crippen LogP contribution in [0.15, 0.2) is 47.5 Å². The zero-order valence-corrected chi connectivity index (χ0v) is 16.6. The Morgan fingerprint density at radius 1 is 1.19 bits per heavy atom. The minimum absolute atomic E-state index is 0.259. The van der Waals surface area contributed by atoms with Gasteiger partial charge in [-0.1, -0.05) is 24.3 Å². The van der Waals surface area contributed by atoms with Gasteiger partial charge in [0.05, 0.1) is 17.8 Å². The molecule has 1 saturated carbocycles. The molecule has 0 aliphatic heterocycles. The van der Waals surface area contributed by atoms with E-state index in [1.54, 1.807) is 11.8 Å². The number of carbonyl (C=O) groups excluding carboxylic acids is 1. The molecule has 0 heterocycles. The van der Waals surface area contributed by atoms with Gasteiger partial charge in [0.1, 0.15) is 12.4 Å². The lowest BCUT2D eigenvalue weighted by molar-refractivity contribution is -0.142. The molecule has 142 valence electrons. The van der Waals surface area contributed by atoms with E-state index in [0.29, 0.717) is 19.1 Å². The van der Waals surface area contributed by atoms with Gasteiger partial charge in [0, 0.05) is 12.7 Å². The zero-order valence-electron chi connectivity index (χ0n) is 15.8. The van der Waals surface area contributed by atoms with Gasteiger partial charge in [-0.15, -0.1) is 11.8 Å². The lowest BCUT2D eigenvalue weighted by Crippen LogP contribution is -1.98. The number of rotatable bonds is 9. The van der Waals surface area contributed by atoms with Crippen LogP contribution in [0.4, 0.5) is 5.69 Å². The molecule has 1 aliphatic rings. The number of thioether (sulfide) groups is 1. The monoisotopic (exact) mass is 383 g/mol. The van der Waals surface area contributed by atoms with Crippen molar-refractivity contribution in [2.24, 2.45) is 4.99 Å². The van der Waals surface area contributed by atoms with Gasteiger partial charge in [-0.2, -0.15) is 0 Å². The second-order valence-electron chi connectivity index (χ2n) is 6.57. The molecule has 0 aromatic heterocycles. The summed E-state index contributed by atoms with van der Waals surface area (Å²) in [6.07, 6.45) is 2.48. The van der Waals surface area contributed by atoms with Crippen LogP contribution in [-0.4, -0.2) is 18.1 Å². The zero-order chi connectivity index (χ0) is 19.1. The molecule has 0 atom stereocenters. The Morgan fingerprint density at radius 2 is 1.93 bits per heavy atom. The number of hydrogen-bond donors (Lipinski definition) is 0. The molecule has 2 aromatic rings. The van der Waals surface area contributed by atoms with Gasteiger partial charge < -0.3 is 9.47 Å². The first-order chi connectivity index (χ1) is 13.2. The number of benzene rings is 2. The van der Waals surface area contributed by atoms with E-state index in [4.69, 9.17) is 9.47 Å². The lowest BCUT2D eigenvalue weighted by atomic mass is 10.1. The maximum Gasteiger partial charge on any atom is 0.302 e. The summed E-state index contributed by atoms with van der Waals surface area (Å²) in [6.45, 7) is 4.43. The molecule has 2 aromatic carbocycles. The number of aliphatic imine (C=N–C) groups is 1. The van der Waals surface area contributed by atoms with Crippen LogP contribution in [0, 0.1) is 0 Å². The molecule has 0 amide bonds. The van der Waals surface area contributed by atoms with Gasteiger partial charge in [-0.05, 0) is 60.6 Å². The minimum atomic E-state index is -0.259. The average Bonchev–Trinajstić information content (AvgIpc) is 3.50. The molecule has 1 aliphatic carbocycles. The second kappa shape index (κ2) is 9.60. The highest BCUT2D eigenvalue weighted by molar-refractivity contribution is 8.11. The molecule has 0 radical (unpaired) electrons. The maximum atomic E-state index is 10.8. The van der Waals surface area contributed by atoms with Crippen LogP contribution in [0.5, 0.6) is 5.75 Å². The van der Waals surface area contributed by atoms with Crippen molar-refractivity contribution in [3.8, 4) is 5.75 Å². The lowest BCUT2D eigenvalue weighted by Gasteiger charge is -2.08. The van der Waals surface area contributed by atoms with Gasteiger partial charge in [0.25, 0.3) is 0 Å². The number of hydrogen-bond acceptors (Lipinski definition) is 5. The van der Waals surface area contributed by atoms with E-state index < -0.39 is 0 Å². The van der Waals surface area contributed by atoms with E-state index in [1.807, 2.05) is 30.7 Å². The van der Waals surface area contributed by atoms with Gasteiger partial charge in [0.15, 0.2) is 0 Å². The largest absolute Gasteiger partial charge is 0.494 e. The van der Waals surface area contributed by atoms with Crippen LogP contribution in [0.2, 0.25) is 0 Å². The van der Waals surface area contributed by atoms with Crippen molar-refractivity contribution < 1.29 is 14.3 Å². The van der Waals surface area contributed by atoms with Gasteiger partial charge in [0.2, 0.25) is 0 Å². The summed E-state index contributed by atoms with van der Waals surface area (Å²) in [5.74, 6) is 2.16. The molecule has 27 heavy (non-hydrogen) atoms. The molecule has 0 saturated heterocycles. The molecule has 1 fully saturated rings. The first kappa shape index (κ1) is 19.5. The molecule has 5 heteroatoms. The number of nitrogens with zero attached hydrogens (tertiary/aromatic N) is 1. The van der Waals surface area contributed by atoms with Crippen molar-refractivity contribution >= 4 is 29.0 Å². The standard InChI is InChI=1S/C22H25NO3S/c1-3-25-20-10-11-22(21(12-20)19-8-9-19)23-15-27-14-18-6-4-17(5-7-18)13-26-16(2)24/h4-7,10-12,15,19H,3,8-9,13-14H2,1-2H3. The summed E-state index contributed by atoms with van der Waals surface area (Å²) in [5, 5.41) is 0. The number of ether oxygens (including phenoxy) is 2. The minimum Gasteiger partial charge on any atom is -0.494 e. The van der Waals surface area contributed by atoms with Crippen LogP contribution in [-0.2, 0) is 21.9 Å². The van der Waals surface area contributed by atoms with Crippen molar-refractivity contribution in [2.45, 2.75) is 45.0 Å². The quantitative estimate of drug-likeness (QED) is 0.320. The topological polar surface area (TPSA) is 47.9 Å². The summed E-state index contributed by atoms with van der Waals surface area (Å²) < 4.78 is 10.6. The van der Waals surface area contributed by atoms with E-state index in [-0.39, 0.29) is 5.97 Å². The van der Waals surface area contributed by atoms with Crippen molar-refractivity contribution in [3.05, 3.63) is 59.2 Å². The van der Waals surface area contributed by atoms with Crippen molar-refractivity contribution in [1.29, 1.82) is 0 Å². The van der Waals surface area contributed by atoms with Crippen LogP contribution >= 0.6 is 11.8 Å². The molecule has 0 N–H and O–H groups in total. The third kappa shape index (κ3) is 6.14. The highest BCUT2D eigenvalue weighted by Gasteiger charge is 2.26. The summed E-state index contributed by atoms with van der Waals surface area (Å²) in [7, 11) is 0. The fraction of sp³-hybridized carbons (Fsp3) is 0.364. The number of esters is 1. The average molecular weight is 384 g/mol. The highest BCUT2D eigenvalue weighted by Crippen LogP contribution is 2.45. The summed E-state index contributed by atoms with van der Waals surface area (Å²) in [6, 6.07) is 14.3. The molecular weight excluding hydrogens is 358 g/mol. The Balaban J connectivity index is 1.54. The van der Waals surface area contributed by atoms with Crippen molar-refractivity contribution in [3.63, 3.8) is 0 Å². The molecule has 0 bridgehead atoms. The SMILES string of the molecule is CCOc1ccc(N=CSCc2ccc(COC(C)=O)cc2)c(C2CC2)c1. The third-order valence-corrected chi connectivity index (χ3v) is 5.06. The molecule has 3 rings (SSSR count). The van der Waals surface area contributed by atoms with Crippen LogP contribution in [0.25, 0.3) is 0 Å². The summed E-state index contributed by atoms with van der Waals surface area (Å²) >= 11 is 1.67. The van der Waals surface area contributed by atoms with E-state index in [9.17, 15) is 4.79 Å². The van der Waals surface area contributed by atoms with Crippen LogP contribution in [0.1, 0.15) is 49.3 Å². The smallest absolute Gasteiger partial charge is 0.302 e. The fourth-order valence-electron chi connectivity index (χ4n) is 2.77. The van der Waals surface area contributed by atoms with Crippen molar-refractivity contribution in [1.82, 2.24) is 0 Å². The Morgan fingerprint density at radius 3 is 2.59 bits per heavy atom. The van der Waals surface area contributed by atoms with E-state index in [0.717, 1.165) is 22.8 Å². The maximum absolute atomic E-state index is 10.8. The van der Waals surface area contributed by atoms with Gasteiger partial charge in [-0.25, -0.2) is 4.99 Å². The van der Waals surface area contributed by atoms with Gasteiger partial charge in [-0.3, -0.25) is 4.79 Å². The molecular formula is C22H25NO3S.